The first-order chi connectivity index (χ1) is 9.33. The second-order valence-corrected chi connectivity index (χ2v) is 6.64. The number of nitrogens with one attached hydrogen (secondary N) is 1. The SMILES string of the molecule is CCCCCCCCCCCCNC1(CCl)CCC1. The molecule has 0 amide bonds. The normalized spacial score (nSPS) is 17.4. The van der Waals surface area contributed by atoms with Crippen LogP contribution in [0.4, 0.5) is 0 Å². The monoisotopic (exact) mass is 287 g/mol. The van der Waals surface area contributed by atoms with Crippen molar-refractivity contribution >= 4 is 11.6 Å². The van der Waals surface area contributed by atoms with Crippen LogP contribution in [0.25, 0.3) is 0 Å². The van der Waals surface area contributed by atoms with E-state index < -0.39 is 0 Å². The molecular formula is C17H34ClN. The van der Waals surface area contributed by atoms with Crippen molar-refractivity contribution in [2.75, 3.05) is 12.4 Å². The van der Waals surface area contributed by atoms with E-state index in [2.05, 4.69) is 12.2 Å². The van der Waals surface area contributed by atoms with Gasteiger partial charge in [-0.15, -0.1) is 11.6 Å². The van der Waals surface area contributed by atoms with Gasteiger partial charge in [-0.1, -0.05) is 64.7 Å². The Hall–Kier alpha value is 0.250. The molecule has 0 aromatic heterocycles. The van der Waals surface area contributed by atoms with Crippen LogP contribution in [0.15, 0.2) is 0 Å². The van der Waals surface area contributed by atoms with Crippen molar-refractivity contribution in [3.63, 3.8) is 0 Å². The predicted molar refractivity (Wildman–Crippen MR) is 87.1 cm³/mol. The van der Waals surface area contributed by atoms with E-state index in [1.807, 2.05) is 0 Å². The maximum absolute atomic E-state index is 6.03. The van der Waals surface area contributed by atoms with Gasteiger partial charge in [0.25, 0.3) is 0 Å². The number of hydrogen-bond acceptors (Lipinski definition) is 1. The third-order valence-electron chi connectivity index (χ3n) is 4.60. The third kappa shape index (κ3) is 7.56. The molecule has 1 aliphatic rings. The molecule has 0 unspecified atom stereocenters. The Morgan fingerprint density at radius 1 is 0.842 bits per heavy atom. The van der Waals surface area contributed by atoms with Gasteiger partial charge in [0.1, 0.15) is 0 Å². The molecule has 2 heteroatoms. The standard InChI is InChI=1S/C17H34ClN/c1-2-3-4-5-6-7-8-9-10-11-15-19-17(16-18)13-12-14-17/h19H,2-16H2,1H3. The van der Waals surface area contributed by atoms with E-state index in [1.165, 1.54) is 90.0 Å². The zero-order valence-corrected chi connectivity index (χ0v) is 13.7. The van der Waals surface area contributed by atoms with Gasteiger partial charge >= 0.3 is 0 Å². The highest BCUT2D eigenvalue weighted by atomic mass is 35.5. The van der Waals surface area contributed by atoms with Gasteiger partial charge in [-0.2, -0.15) is 0 Å². The minimum Gasteiger partial charge on any atom is -0.310 e. The summed E-state index contributed by atoms with van der Waals surface area (Å²) >= 11 is 6.03. The molecule has 1 fully saturated rings. The minimum atomic E-state index is 0.320. The van der Waals surface area contributed by atoms with Gasteiger partial charge in [-0.3, -0.25) is 0 Å². The molecule has 1 rings (SSSR count). The van der Waals surface area contributed by atoms with Crippen molar-refractivity contribution in [1.29, 1.82) is 0 Å². The Morgan fingerprint density at radius 3 is 1.79 bits per heavy atom. The third-order valence-corrected chi connectivity index (χ3v) is 5.11. The first kappa shape index (κ1) is 17.3. The zero-order valence-electron chi connectivity index (χ0n) is 13.0. The van der Waals surface area contributed by atoms with Crippen molar-refractivity contribution in [1.82, 2.24) is 5.32 Å². The number of hydrogen-bond donors (Lipinski definition) is 1. The molecule has 0 heterocycles. The van der Waals surface area contributed by atoms with Gasteiger partial charge in [0, 0.05) is 11.4 Å². The molecule has 0 atom stereocenters. The second kappa shape index (κ2) is 11.0. The first-order valence-electron chi connectivity index (χ1n) is 8.64. The van der Waals surface area contributed by atoms with E-state index in [0.29, 0.717) is 5.54 Å². The van der Waals surface area contributed by atoms with Crippen LogP contribution in [0.5, 0.6) is 0 Å². The second-order valence-electron chi connectivity index (χ2n) is 6.38. The summed E-state index contributed by atoms with van der Waals surface area (Å²) in [6, 6.07) is 0. The number of alkyl halides is 1. The van der Waals surface area contributed by atoms with Crippen molar-refractivity contribution in [2.24, 2.45) is 0 Å². The molecule has 1 N–H and O–H groups in total. The summed E-state index contributed by atoms with van der Waals surface area (Å²) in [5.74, 6) is 0.796. The molecule has 0 aromatic rings. The maximum atomic E-state index is 6.03. The number of unbranched alkanes of at least 4 members (excludes halogenated alkanes) is 9. The highest BCUT2D eigenvalue weighted by molar-refractivity contribution is 6.18. The lowest BCUT2D eigenvalue weighted by molar-refractivity contribution is 0.212. The van der Waals surface area contributed by atoms with Crippen molar-refractivity contribution < 1.29 is 0 Å². The molecule has 1 nitrogen and oxygen atoms in total. The summed E-state index contributed by atoms with van der Waals surface area (Å²) in [4.78, 5) is 0. The Morgan fingerprint density at radius 2 is 1.37 bits per heavy atom. The molecule has 19 heavy (non-hydrogen) atoms. The topological polar surface area (TPSA) is 12.0 Å². The summed E-state index contributed by atoms with van der Waals surface area (Å²) in [5, 5.41) is 3.68. The van der Waals surface area contributed by atoms with Gasteiger partial charge in [0.2, 0.25) is 0 Å². The lowest BCUT2D eigenvalue weighted by Crippen LogP contribution is -2.52. The van der Waals surface area contributed by atoms with E-state index in [-0.39, 0.29) is 0 Å². The molecule has 0 spiro atoms. The summed E-state index contributed by atoms with van der Waals surface area (Å²) in [6.07, 6.45) is 18.1. The number of halogens is 1. The molecule has 114 valence electrons. The van der Waals surface area contributed by atoms with Gasteiger partial charge in [0.05, 0.1) is 0 Å². The maximum Gasteiger partial charge on any atom is 0.0406 e. The molecule has 0 aliphatic heterocycles. The van der Waals surface area contributed by atoms with E-state index in [9.17, 15) is 0 Å². The highest BCUT2D eigenvalue weighted by Crippen LogP contribution is 2.32. The summed E-state index contributed by atoms with van der Waals surface area (Å²) in [6.45, 7) is 3.45. The first-order valence-corrected chi connectivity index (χ1v) is 9.17. The van der Waals surface area contributed by atoms with Crippen LogP contribution in [0, 0.1) is 0 Å². The van der Waals surface area contributed by atoms with Crippen molar-refractivity contribution in [2.45, 2.75) is 95.9 Å². The molecular weight excluding hydrogens is 254 g/mol. The number of rotatable bonds is 13. The van der Waals surface area contributed by atoms with E-state index in [4.69, 9.17) is 11.6 Å². The van der Waals surface area contributed by atoms with E-state index in [0.717, 1.165) is 5.88 Å². The van der Waals surface area contributed by atoms with Crippen LogP contribution in [0.1, 0.15) is 90.4 Å². The zero-order chi connectivity index (χ0) is 13.8. The van der Waals surface area contributed by atoms with Gasteiger partial charge in [-0.05, 0) is 32.2 Å². The summed E-state index contributed by atoms with van der Waals surface area (Å²) < 4.78 is 0. The van der Waals surface area contributed by atoms with Crippen LogP contribution in [-0.4, -0.2) is 18.0 Å². The molecule has 1 aliphatic carbocycles. The quantitative estimate of drug-likeness (QED) is 0.340. The fraction of sp³-hybridized carbons (Fsp3) is 1.00. The highest BCUT2D eigenvalue weighted by Gasteiger charge is 2.34. The van der Waals surface area contributed by atoms with Crippen LogP contribution in [0.2, 0.25) is 0 Å². The van der Waals surface area contributed by atoms with Gasteiger partial charge in [-0.25, -0.2) is 0 Å². The van der Waals surface area contributed by atoms with Gasteiger partial charge < -0.3 is 5.32 Å². The van der Waals surface area contributed by atoms with Crippen LogP contribution < -0.4 is 5.32 Å². The largest absolute Gasteiger partial charge is 0.310 e. The average Bonchev–Trinajstić information content (AvgIpc) is 2.38. The Kier molecular flexibility index (Phi) is 9.99. The average molecular weight is 288 g/mol. The summed E-state index contributed by atoms with van der Waals surface area (Å²) in [7, 11) is 0. The molecule has 0 bridgehead atoms. The fourth-order valence-electron chi connectivity index (χ4n) is 2.93. The molecule has 1 saturated carbocycles. The van der Waals surface area contributed by atoms with E-state index in [1.54, 1.807) is 0 Å². The molecule has 0 radical (unpaired) electrons. The lowest BCUT2D eigenvalue weighted by Gasteiger charge is -2.41. The van der Waals surface area contributed by atoms with Crippen LogP contribution in [0.3, 0.4) is 0 Å². The Bertz CT molecular complexity index is 196. The Labute approximate surface area is 125 Å². The molecule has 0 aromatic carbocycles. The fourth-order valence-corrected chi connectivity index (χ4v) is 3.29. The predicted octanol–water partition coefficient (Wildman–Crippen LogP) is 5.66. The minimum absolute atomic E-state index is 0.320. The lowest BCUT2D eigenvalue weighted by atomic mass is 9.78. The summed E-state index contributed by atoms with van der Waals surface area (Å²) in [5.41, 5.74) is 0.320. The van der Waals surface area contributed by atoms with Gasteiger partial charge in [0.15, 0.2) is 0 Å². The molecule has 0 saturated heterocycles. The van der Waals surface area contributed by atoms with E-state index >= 15 is 0 Å². The smallest absolute Gasteiger partial charge is 0.0406 e. The Balaban J connectivity index is 1.76. The van der Waals surface area contributed by atoms with Crippen molar-refractivity contribution in [3.8, 4) is 0 Å². The van der Waals surface area contributed by atoms with Crippen LogP contribution >= 0.6 is 11.6 Å². The van der Waals surface area contributed by atoms with Crippen LogP contribution in [-0.2, 0) is 0 Å². The van der Waals surface area contributed by atoms with Crippen molar-refractivity contribution in [3.05, 3.63) is 0 Å².